The van der Waals surface area contributed by atoms with Crippen LogP contribution >= 0.6 is 15.9 Å². The van der Waals surface area contributed by atoms with E-state index in [1.807, 2.05) is 36.4 Å². The minimum atomic E-state index is -0.297. The van der Waals surface area contributed by atoms with Crippen molar-refractivity contribution in [2.45, 2.75) is 12.5 Å². The first kappa shape index (κ1) is 14.1. The summed E-state index contributed by atoms with van der Waals surface area (Å²) in [5, 5.41) is 2.82. The number of hydrogen-bond acceptors (Lipinski definition) is 3. The summed E-state index contributed by atoms with van der Waals surface area (Å²) in [5.41, 5.74) is 10.1. The molecule has 108 valence electrons. The Balaban J connectivity index is 1.98. The summed E-state index contributed by atoms with van der Waals surface area (Å²) in [5.74, 6) is 0.767. The first-order chi connectivity index (χ1) is 10.1. The van der Waals surface area contributed by atoms with Crippen LogP contribution in [0.4, 0.5) is 5.69 Å². The molecule has 1 atom stereocenters. The number of methoxy groups -OCH3 is 1. The van der Waals surface area contributed by atoms with Crippen molar-refractivity contribution >= 4 is 27.5 Å². The molecule has 0 saturated carbocycles. The summed E-state index contributed by atoms with van der Waals surface area (Å²) in [6, 6.07) is 11.3. The SMILES string of the molecule is COc1cc(Br)ccc1C(N)c1ccc2c(c1)CC(=O)N2. The molecule has 0 bridgehead atoms. The Kier molecular flexibility index (Phi) is 3.69. The number of nitrogens with one attached hydrogen (secondary N) is 1. The molecule has 1 aliphatic rings. The summed E-state index contributed by atoms with van der Waals surface area (Å²) in [7, 11) is 1.63. The van der Waals surface area contributed by atoms with Crippen LogP contribution in [-0.4, -0.2) is 13.0 Å². The normalized spacial score (nSPS) is 14.5. The van der Waals surface area contributed by atoms with Crippen molar-refractivity contribution < 1.29 is 9.53 Å². The zero-order chi connectivity index (χ0) is 15.0. The largest absolute Gasteiger partial charge is 0.496 e. The van der Waals surface area contributed by atoms with Crippen LogP contribution in [0, 0.1) is 0 Å². The van der Waals surface area contributed by atoms with Gasteiger partial charge in [0.25, 0.3) is 0 Å². The van der Waals surface area contributed by atoms with Gasteiger partial charge in [-0.25, -0.2) is 0 Å². The van der Waals surface area contributed by atoms with Gasteiger partial charge in [-0.3, -0.25) is 4.79 Å². The minimum Gasteiger partial charge on any atom is -0.496 e. The molecular weight excluding hydrogens is 332 g/mol. The molecule has 1 heterocycles. The second kappa shape index (κ2) is 5.50. The van der Waals surface area contributed by atoms with Crippen LogP contribution in [0.3, 0.4) is 0 Å². The zero-order valence-electron chi connectivity index (χ0n) is 11.5. The molecule has 3 N–H and O–H groups in total. The maximum atomic E-state index is 11.4. The predicted octanol–water partition coefficient (Wildman–Crippen LogP) is 3.00. The average molecular weight is 347 g/mol. The van der Waals surface area contributed by atoms with Gasteiger partial charge in [0.15, 0.2) is 0 Å². The Labute approximate surface area is 131 Å². The number of rotatable bonds is 3. The number of hydrogen-bond donors (Lipinski definition) is 2. The topological polar surface area (TPSA) is 64.3 Å². The number of carbonyl (C=O) groups excluding carboxylic acids is 1. The first-order valence-corrected chi connectivity index (χ1v) is 7.39. The molecule has 1 amide bonds. The molecule has 1 aliphatic heterocycles. The molecule has 1 unspecified atom stereocenters. The number of nitrogens with two attached hydrogens (primary N) is 1. The maximum Gasteiger partial charge on any atom is 0.228 e. The Morgan fingerprint density at radius 2 is 2.10 bits per heavy atom. The fourth-order valence-electron chi connectivity index (χ4n) is 2.56. The van der Waals surface area contributed by atoms with E-state index >= 15 is 0 Å². The molecule has 0 spiro atoms. The molecule has 0 aromatic heterocycles. The number of amides is 1. The van der Waals surface area contributed by atoms with Gasteiger partial charge in [0.2, 0.25) is 5.91 Å². The third-order valence-corrected chi connectivity index (χ3v) is 4.14. The zero-order valence-corrected chi connectivity index (χ0v) is 13.1. The summed E-state index contributed by atoms with van der Waals surface area (Å²) >= 11 is 3.42. The third kappa shape index (κ3) is 2.66. The van der Waals surface area contributed by atoms with Crippen LogP contribution in [0.1, 0.15) is 22.7 Å². The molecular formula is C16H15BrN2O2. The molecule has 5 heteroatoms. The molecule has 21 heavy (non-hydrogen) atoms. The first-order valence-electron chi connectivity index (χ1n) is 6.60. The maximum absolute atomic E-state index is 11.4. The van der Waals surface area contributed by atoms with Gasteiger partial charge in [0.1, 0.15) is 5.75 Å². The van der Waals surface area contributed by atoms with Crippen molar-refractivity contribution in [1.82, 2.24) is 0 Å². The Morgan fingerprint density at radius 3 is 2.86 bits per heavy atom. The number of carbonyl (C=O) groups is 1. The molecule has 0 aliphatic carbocycles. The predicted molar refractivity (Wildman–Crippen MR) is 85.5 cm³/mol. The van der Waals surface area contributed by atoms with Gasteiger partial charge >= 0.3 is 0 Å². The Morgan fingerprint density at radius 1 is 1.29 bits per heavy atom. The fraction of sp³-hybridized carbons (Fsp3) is 0.188. The van der Waals surface area contributed by atoms with Crippen LogP contribution in [0.5, 0.6) is 5.75 Å². The Bertz CT molecular complexity index is 715. The molecule has 0 radical (unpaired) electrons. The number of halogens is 1. The van der Waals surface area contributed by atoms with Crippen molar-refractivity contribution in [2.75, 3.05) is 12.4 Å². The van der Waals surface area contributed by atoms with Gasteiger partial charge in [0.05, 0.1) is 19.6 Å². The van der Waals surface area contributed by atoms with Gasteiger partial charge in [-0.2, -0.15) is 0 Å². The van der Waals surface area contributed by atoms with Crippen molar-refractivity contribution in [3.05, 3.63) is 57.6 Å². The molecule has 2 aromatic rings. The molecule has 0 saturated heterocycles. The lowest BCUT2D eigenvalue weighted by Crippen LogP contribution is -2.13. The lowest BCUT2D eigenvalue weighted by molar-refractivity contribution is -0.115. The smallest absolute Gasteiger partial charge is 0.228 e. The van der Waals surface area contributed by atoms with E-state index in [-0.39, 0.29) is 11.9 Å². The highest BCUT2D eigenvalue weighted by Crippen LogP contribution is 2.33. The van der Waals surface area contributed by atoms with E-state index in [9.17, 15) is 4.79 Å². The fourth-order valence-corrected chi connectivity index (χ4v) is 2.90. The van der Waals surface area contributed by atoms with E-state index in [0.717, 1.165) is 32.6 Å². The second-order valence-corrected chi connectivity index (χ2v) is 5.92. The van der Waals surface area contributed by atoms with E-state index in [1.54, 1.807) is 7.11 Å². The highest BCUT2D eigenvalue weighted by molar-refractivity contribution is 9.10. The van der Waals surface area contributed by atoms with Crippen LogP contribution in [0.15, 0.2) is 40.9 Å². The lowest BCUT2D eigenvalue weighted by atomic mass is 9.96. The number of fused-ring (bicyclic) bond motifs is 1. The van der Waals surface area contributed by atoms with Crippen molar-refractivity contribution in [3.63, 3.8) is 0 Å². The van der Waals surface area contributed by atoms with E-state index < -0.39 is 0 Å². The molecule has 2 aromatic carbocycles. The number of ether oxygens (including phenoxy) is 1. The van der Waals surface area contributed by atoms with Gasteiger partial charge in [-0.1, -0.05) is 34.1 Å². The van der Waals surface area contributed by atoms with Crippen LogP contribution in [-0.2, 0) is 11.2 Å². The highest BCUT2D eigenvalue weighted by atomic mass is 79.9. The third-order valence-electron chi connectivity index (χ3n) is 3.64. The van der Waals surface area contributed by atoms with Gasteiger partial charge in [-0.15, -0.1) is 0 Å². The summed E-state index contributed by atoms with van der Waals surface area (Å²) < 4.78 is 6.35. The minimum absolute atomic E-state index is 0.0249. The van der Waals surface area contributed by atoms with E-state index in [0.29, 0.717) is 6.42 Å². The second-order valence-electron chi connectivity index (χ2n) is 5.01. The van der Waals surface area contributed by atoms with E-state index in [1.165, 1.54) is 0 Å². The number of anilines is 1. The van der Waals surface area contributed by atoms with Crippen LogP contribution < -0.4 is 15.8 Å². The quantitative estimate of drug-likeness (QED) is 0.897. The van der Waals surface area contributed by atoms with Crippen LogP contribution in [0.2, 0.25) is 0 Å². The lowest BCUT2D eigenvalue weighted by Gasteiger charge is -2.17. The average Bonchev–Trinajstić information content (AvgIpc) is 2.85. The molecule has 3 rings (SSSR count). The molecule has 4 nitrogen and oxygen atoms in total. The summed E-state index contributed by atoms with van der Waals surface area (Å²) in [6.07, 6.45) is 0.410. The van der Waals surface area contributed by atoms with E-state index in [4.69, 9.17) is 10.5 Å². The van der Waals surface area contributed by atoms with E-state index in [2.05, 4.69) is 21.2 Å². The van der Waals surface area contributed by atoms with Crippen molar-refractivity contribution in [3.8, 4) is 5.75 Å². The van der Waals surface area contributed by atoms with Crippen molar-refractivity contribution in [1.29, 1.82) is 0 Å². The summed E-state index contributed by atoms with van der Waals surface area (Å²) in [4.78, 5) is 11.4. The van der Waals surface area contributed by atoms with Gasteiger partial charge in [0, 0.05) is 15.7 Å². The standard InChI is InChI=1S/C16H15BrN2O2/c1-21-14-8-11(17)3-4-12(14)16(18)9-2-5-13-10(6-9)7-15(20)19-13/h2-6,8,16H,7,18H2,1H3,(H,19,20). The molecule has 0 fully saturated rings. The van der Waals surface area contributed by atoms with Crippen molar-refractivity contribution in [2.24, 2.45) is 5.73 Å². The summed E-state index contributed by atoms with van der Waals surface area (Å²) in [6.45, 7) is 0. The van der Waals surface area contributed by atoms with Gasteiger partial charge < -0.3 is 15.8 Å². The Hall–Kier alpha value is -1.85. The number of benzene rings is 2. The monoisotopic (exact) mass is 346 g/mol. The highest BCUT2D eigenvalue weighted by Gasteiger charge is 2.20. The van der Waals surface area contributed by atoms with Gasteiger partial charge in [-0.05, 0) is 29.3 Å². The van der Waals surface area contributed by atoms with Crippen LogP contribution in [0.25, 0.3) is 0 Å².